The lowest BCUT2D eigenvalue weighted by molar-refractivity contribution is 0.315. The normalized spacial score (nSPS) is 24.3. The fraction of sp³-hybridized carbons (Fsp3) is 1.00. The molecule has 1 aliphatic carbocycles. The van der Waals surface area contributed by atoms with Crippen molar-refractivity contribution < 1.29 is 0 Å². The van der Waals surface area contributed by atoms with Gasteiger partial charge in [0.15, 0.2) is 0 Å². The quantitative estimate of drug-likeness (QED) is 0.631. The molecule has 1 atom stereocenters. The molecule has 10 heavy (non-hydrogen) atoms. The topological polar surface area (TPSA) is 12.0 Å². The summed E-state index contributed by atoms with van der Waals surface area (Å²) >= 11 is 0. The minimum Gasteiger partial charge on any atom is -0.319 e. The van der Waals surface area contributed by atoms with Gasteiger partial charge in [-0.05, 0) is 31.2 Å². The van der Waals surface area contributed by atoms with Gasteiger partial charge in [0, 0.05) is 6.54 Å². The van der Waals surface area contributed by atoms with E-state index in [0.29, 0.717) is 5.41 Å². The number of hydrogen-bond acceptors (Lipinski definition) is 1. The second-order valence-corrected chi connectivity index (χ2v) is 3.70. The molecule has 1 aliphatic rings. The Kier molecular flexibility index (Phi) is 2.35. The smallest absolute Gasteiger partial charge is 0.000736 e. The van der Waals surface area contributed by atoms with E-state index >= 15 is 0 Å². The summed E-state index contributed by atoms with van der Waals surface area (Å²) in [6, 6.07) is 0. The first-order valence-electron chi connectivity index (χ1n) is 4.40. The second kappa shape index (κ2) is 2.91. The van der Waals surface area contributed by atoms with E-state index in [1.54, 1.807) is 0 Å². The third-order valence-corrected chi connectivity index (χ3v) is 3.08. The highest BCUT2D eigenvalue weighted by atomic mass is 14.9. The number of rotatable bonds is 4. The Hall–Kier alpha value is -0.0400. The molecule has 1 nitrogen and oxygen atoms in total. The first-order valence-corrected chi connectivity index (χ1v) is 4.40. The first kappa shape index (κ1) is 8.06. The molecule has 1 N–H and O–H groups in total. The van der Waals surface area contributed by atoms with Crippen LogP contribution < -0.4 is 5.32 Å². The van der Waals surface area contributed by atoms with Gasteiger partial charge in [-0.1, -0.05) is 20.3 Å². The second-order valence-electron chi connectivity index (χ2n) is 3.70. The molecule has 60 valence electrons. The maximum absolute atomic E-state index is 3.29. The lowest BCUT2D eigenvalue weighted by atomic mass is 9.88. The zero-order valence-electron chi connectivity index (χ0n) is 7.41. The largest absolute Gasteiger partial charge is 0.319 e. The summed E-state index contributed by atoms with van der Waals surface area (Å²) in [7, 11) is 2.06. The van der Waals surface area contributed by atoms with Gasteiger partial charge in [-0.15, -0.1) is 0 Å². The third kappa shape index (κ3) is 1.34. The first-order chi connectivity index (χ1) is 4.75. The van der Waals surface area contributed by atoms with E-state index in [4.69, 9.17) is 0 Å². The SMILES string of the molecule is CCC(C)C1(CNC)CC1. The van der Waals surface area contributed by atoms with Crippen LogP contribution in [0.2, 0.25) is 0 Å². The average molecular weight is 141 g/mol. The molecule has 0 aromatic rings. The van der Waals surface area contributed by atoms with Gasteiger partial charge in [0.1, 0.15) is 0 Å². The molecule has 0 amide bonds. The molecule has 0 aromatic carbocycles. The number of hydrogen-bond donors (Lipinski definition) is 1. The van der Waals surface area contributed by atoms with Crippen molar-refractivity contribution in [3.63, 3.8) is 0 Å². The van der Waals surface area contributed by atoms with Crippen LogP contribution in [0.3, 0.4) is 0 Å². The van der Waals surface area contributed by atoms with Crippen molar-refractivity contribution in [2.45, 2.75) is 33.1 Å². The van der Waals surface area contributed by atoms with Gasteiger partial charge in [-0.3, -0.25) is 0 Å². The molecule has 1 saturated carbocycles. The molecule has 1 rings (SSSR count). The van der Waals surface area contributed by atoms with Crippen LogP contribution in [0.25, 0.3) is 0 Å². The van der Waals surface area contributed by atoms with E-state index in [0.717, 1.165) is 5.92 Å². The summed E-state index contributed by atoms with van der Waals surface area (Å²) in [5.74, 6) is 0.917. The molecule has 0 heterocycles. The lowest BCUT2D eigenvalue weighted by Crippen LogP contribution is -2.25. The maximum Gasteiger partial charge on any atom is 0.000736 e. The molecule has 1 heteroatoms. The number of nitrogens with one attached hydrogen (secondary N) is 1. The van der Waals surface area contributed by atoms with Crippen LogP contribution >= 0.6 is 0 Å². The molecule has 1 unspecified atom stereocenters. The van der Waals surface area contributed by atoms with Crippen molar-refractivity contribution >= 4 is 0 Å². The molecule has 0 aliphatic heterocycles. The van der Waals surface area contributed by atoms with Crippen LogP contribution in [0.15, 0.2) is 0 Å². The predicted molar refractivity (Wildman–Crippen MR) is 45.0 cm³/mol. The lowest BCUT2D eigenvalue weighted by Gasteiger charge is -2.21. The molecular weight excluding hydrogens is 122 g/mol. The van der Waals surface area contributed by atoms with Gasteiger partial charge in [-0.25, -0.2) is 0 Å². The fourth-order valence-corrected chi connectivity index (χ4v) is 1.79. The van der Waals surface area contributed by atoms with E-state index in [2.05, 4.69) is 26.2 Å². The standard InChI is InChI=1S/C9H19N/c1-4-8(2)9(5-6-9)7-10-3/h8,10H,4-7H2,1-3H3. The Bertz CT molecular complexity index is 105. The van der Waals surface area contributed by atoms with Crippen LogP contribution in [0, 0.1) is 11.3 Å². The molecule has 0 radical (unpaired) electrons. The molecule has 0 aromatic heterocycles. The maximum atomic E-state index is 3.29. The Morgan fingerprint density at radius 1 is 1.50 bits per heavy atom. The minimum absolute atomic E-state index is 0.698. The van der Waals surface area contributed by atoms with Crippen molar-refractivity contribution in [2.75, 3.05) is 13.6 Å². The highest BCUT2D eigenvalue weighted by molar-refractivity contribution is 4.97. The van der Waals surface area contributed by atoms with Crippen LogP contribution in [0.4, 0.5) is 0 Å². The molecular formula is C9H19N. The summed E-state index contributed by atoms with van der Waals surface area (Å²) in [5.41, 5.74) is 0.698. The zero-order chi connectivity index (χ0) is 7.61. The highest BCUT2D eigenvalue weighted by Gasteiger charge is 2.45. The van der Waals surface area contributed by atoms with Crippen molar-refractivity contribution in [1.82, 2.24) is 5.32 Å². The fourth-order valence-electron chi connectivity index (χ4n) is 1.79. The van der Waals surface area contributed by atoms with Crippen molar-refractivity contribution in [1.29, 1.82) is 0 Å². The Balaban J connectivity index is 2.35. The van der Waals surface area contributed by atoms with Crippen LogP contribution in [-0.4, -0.2) is 13.6 Å². The van der Waals surface area contributed by atoms with Gasteiger partial charge < -0.3 is 5.32 Å². The average Bonchev–Trinajstić information content (AvgIpc) is 2.69. The monoisotopic (exact) mass is 141 g/mol. The van der Waals surface area contributed by atoms with Gasteiger partial charge in [0.05, 0.1) is 0 Å². The van der Waals surface area contributed by atoms with Crippen molar-refractivity contribution in [3.05, 3.63) is 0 Å². The summed E-state index contributed by atoms with van der Waals surface area (Å²) in [5, 5.41) is 3.29. The van der Waals surface area contributed by atoms with Crippen LogP contribution in [0.5, 0.6) is 0 Å². The Labute approximate surface area is 64.2 Å². The summed E-state index contributed by atoms with van der Waals surface area (Å²) in [6.45, 7) is 5.90. The zero-order valence-corrected chi connectivity index (χ0v) is 7.41. The summed E-state index contributed by atoms with van der Waals surface area (Å²) in [6.07, 6.45) is 4.23. The highest BCUT2D eigenvalue weighted by Crippen LogP contribution is 2.52. The molecule has 1 fully saturated rings. The van der Waals surface area contributed by atoms with Gasteiger partial charge in [-0.2, -0.15) is 0 Å². The van der Waals surface area contributed by atoms with E-state index < -0.39 is 0 Å². The molecule has 0 bridgehead atoms. The molecule has 0 spiro atoms. The summed E-state index contributed by atoms with van der Waals surface area (Å²) < 4.78 is 0. The Morgan fingerprint density at radius 2 is 2.10 bits per heavy atom. The third-order valence-electron chi connectivity index (χ3n) is 3.08. The van der Waals surface area contributed by atoms with Gasteiger partial charge in [0.2, 0.25) is 0 Å². The molecule has 0 saturated heterocycles. The predicted octanol–water partition coefficient (Wildman–Crippen LogP) is 2.03. The Morgan fingerprint density at radius 3 is 2.40 bits per heavy atom. The van der Waals surface area contributed by atoms with E-state index in [1.807, 2.05) is 0 Å². The van der Waals surface area contributed by atoms with Crippen molar-refractivity contribution in [3.8, 4) is 0 Å². The van der Waals surface area contributed by atoms with Gasteiger partial charge in [0.25, 0.3) is 0 Å². The van der Waals surface area contributed by atoms with Gasteiger partial charge >= 0.3 is 0 Å². The minimum atomic E-state index is 0.698. The summed E-state index contributed by atoms with van der Waals surface area (Å²) in [4.78, 5) is 0. The van der Waals surface area contributed by atoms with E-state index in [1.165, 1.54) is 25.8 Å². The van der Waals surface area contributed by atoms with E-state index in [9.17, 15) is 0 Å². The van der Waals surface area contributed by atoms with E-state index in [-0.39, 0.29) is 0 Å². The van der Waals surface area contributed by atoms with Crippen LogP contribution in [-0.2, 0) is 0 Å². The van der Waals surface area contributed by atoms with Crippen LogP contribution in [0.1, 0.15) is 33.1 Å². The van der Waals surface area contributed by atoms with Crippen molar-refractivity contribution in [2.24, 2.45) is 11.3 Å².